The van der Waals surface area contributed by atoms with Crippen LogP contribution in [0.15, 0.2) is 279 Å². The molecule has 0 N–H and O–H groups in total. The Hall–Kier alpha value is -9.54. The van der Waals surface area contributed by atoms with Crippen LogP contribution in [0, 0.1) is 0 Å². The summed E-state index contributed by atoms with van der Waals surface area (Å²) in [4.78, 5) is 2.37. The summed E-state index contributed by atoms with van der Waals surface area (Å²) in [6.07, 6.45) is 0. The minimum absolute atomic E-state index is 0.495. The van der Waals surface area contributed by atoms with Crippen molar-refractivity contribution >= 4 is 70.4 Å². The van der Waals surface area contributed by atoms with Gasteiger partial charge in [-0.1, -0.05) is 212 Å². The van der Waals surface area contributed by atoms with E-state index in [1.165, 1.54) is 126 Å². The van der Waals surface area contributed by atoms with Crippen molar-refractivity contribution in [1.82, 2.24) is 4.57 Å². The van der Waals surface area contributed by atoms with Gasteiger partial charge in [0.2, 0.25) is 0 Å². The topological polar surface area (TPSA) is 8.17 Å². The van der Waals surface area contributed by atoms with Crippen LogP contribution in [0.5, 0.6) is 0 Å². The molecule has 0 fully saturated rings. The average molecular weight is 983 g/mol. The highest BCUT2D eigenvalue weighted by Crippen LogP contribution is 2.65. The summed E-state index contributed by atoms with van der Waals surface area (Å²) in [6.45, 7) is 0. The maximum Gasteiger partial charge on any atom is 0.0726 e. The lowest BCUT2D eigenvalue weighted by Crippen LogP contribution is -2.25. The van der Waals surface area contributed by atoms with Crippen molar-refractivity contribution in [2.24, 2.45) is 0 Å². The molecule has 354 valence electrons. The molecule has 2 aromatic heterocycles. The molecule has 0 unspecified atom stereocenters. The summed E-state index contributed by atoms with van der Waals surface area (Å²) in [5, 5.41) is 5.23. The van der Waals surface area contributed by atoms with Crippen molar-refractivity contribution < 1.29 is 0 Å². The summed E-state index contributed by atoms with van der Waals surface area (Å²) < 4.78 is 5.13. The quantitative estimate of drug-likeness (QED) is 0.154. The molecule has 0 amide bonds. The third kappa shape index (κ3) is 6.21. The first kappa shape index (κ1) is 42.9. The number of rotatable bonds is 7. The number of nitrogens with zero attached hydrogens (tertiary/aromatic N) is 2. The number of hydrogen-bond donors (Lipinski definition) is 0. The minimum atomic E-state index is -0.495. The lowest BCUT2D eigenvalue weighted by atomic mass is 9.70. The first-order valence-electron chi connectivity index (χ1n) is 26.2. The van der Waals surface area contributed by atoms with Crippen LogP contribution in [0.25, 0.3) is 103 Å². The van der Waals surface area contributed by atoms with Crippen molar-refractivity contribution in [2.45, 2.75) is 5.41 Å². The SMILES string of the molecule is c1ccc(-c2ccc(N(c3ccc(-c4ccccc4)cc3)c3ccc(-c4ccc5c(c4)C4(c6ccccc6-c6ccccc64)c4ccc6c(sc7c6ccc6c7c7ccccc7n6-c6ccccc6)c4-5)cc3)cc2)cc1. The zero-order valence-electron chi connectivity index (χ0n) is 41.4. The molecule has 12 aromatic carbocycles. The lowest BCUT2D eigenvalue weighted by Gasteiger charge is -2.30. The Labute approximate surface area is 445 Å². The van der Waals surface area contributed by atoms with Crippen LogP contribution in [0.4, 0.5) is 17.1 Å². The predicted octanol–water partition coefficient (Wildman–Crippen LogP) is 20.0. The summed E-state index contributed by atoms with van der Waals surface area (Å²) in [5.74, 6) is 0. The third-order valence-corrected chi connectivity index (χ3v) is 17.7. The Morgan fingerprint density at radius 3 is 1.38 bits per heavy atom. The molecular formula is C73H46N2S. The van der Waals surface area contributed by atoms with E-state index in [9.17, 15) is 0 Å². The number of benzene rings is 12. The molecule has 0 saturated heterocycles. The Bertz CT molecular complexity index is 4460. The number of fused-ring (bicyclic) bond motifs is 18. The van der Waals surface area contributed by atoms with Crippen LogP contribution in [-0.4, -0.2) is 4.57 Å². The van der Waals surface area contributed by atoms with Crippen LogP contribution < -0.4 is 4.90 Å². The molecule has 14 aromatic rings. The molecule has 1 spiro atoms. The molecule has 0 saturated carbocycles. The van der Waals surface area contributed by atoms with Gasteiger partial charge in [-0.05, 0) is 139 Å². The molecule has 2 nitrogen and oxygen atoms in total. The van der Waals surface area contributed by atoms with Gasteiger partial charge >= 0.3 is 0 Å². The minimum Gasteiger partial charge on any atom is -0.311 e. The van der Waals surface area contributed by atoms with Crippen molar-refractivity contribution in [3.05, 3.63) is 301 Å². The van der Waals surface area contributed by atoms with Gasteiger partial charge in [-0.2, -0.15) is 0 Å². The predicted molar refractivity (Wildman–Crippen MR) is 321 cm³/mol. The van der Waals surface area contributed by atoms with E-state index in [0.29, 0.717) is 0 Å². The van der Waals surface area contributed by atoms with Crippen LogP contribution in [0.2, 0.25) is 0 Å². The molecule has 0 radical (unpaired) electrons. The average Bonchev–Trinajstić information content (AvgIpc) is 4.23. The smallest absolute Gasteiger partial charge is 0.0726 e. The number of para-hydroxylation sites is 2. The molecule has 16 rings (SSSR count). The fourth-order valence-electron chi connectivity index (χ4n) is 13.1. The van der Waals surface area contributed by atoms with Gasteiger partial charge in [-0.25, -0.2) is 0 Å². The summed E-state index contributed by atoms with van der Waals surface area (Å²) in [5.41, 5.74) is 24.3. The zero-order valence-corrected chi connectivity index (χ0v) is 42.2. The van der Waals surface area contributed by atoms with E-state index >= 15 is 0 Å². The normalized spacial score (nSPS) is 12.8. The molecule has 0 atom stereocenters. The molecule has 3 heteroatoms. The zero-order chi connectivity index (χ0) is 49.9. The first-order valence-corrected chi connectivity index (χ1v) is 27.1. The van der Waals surface area contributed by atoms with Gasteiger partial charge in [0.25, 0.3) is 0 Å². The number of anilines is 3. The van der Waals surface area contributed by atoms with Gasteiger partial charge in [0, 0.05) is 59.3 Å². The second-order valence-corrected chi connectivity index (χ2v) is 21.3. The fraction of sp³-hybridized carbons (Fsp3) is 0.0137. The number of hydrogen-bond acceptors (Lipinski definition) is 2. The molecule has 2 aliphatic rings. The van der Waals surface area contributed by atoms with E-state index in [1.807, 2.05) is 11.3 Å². The second-order valence-electron chi connectivity index (χ2n) is 20.3. The van der Waals surface area contributed by atoms with Gasteiger partial charge in [0.1, 0.15) is 0 Å². The molecule has 0 aliphatic heterocycles. The summed E-state index contributed by atoms with van der Waals surface area (Å²) in [6, 6.07) is 103. The molecular weight excluding hydrogens is 937 g/mol. The van der Waals surface area contributed by atoms with Crippen LogP contribution >= 0.6 is 11.3 Å². The van der Waals surface area contributed by atoms with E-state index in [0.717, 1.165) is 17.1 Å². The first-order chi connectivity index (χ1) is 37.7. The van der Waals surface area contributed by atoms with E-state index in [1.54, 1.807) is 0 Å². The monoisotopic (exact) mass is 982 g/mol. The summed E-state index contributed by atoms with van der Waals surface area (Å²) >= 11 is 1.97. The van der Waals surface area contributed by atoms with Crippen molar-refractivity contribution in [3.63, 3.8) is 0 Å². The van der Waals surface area contributed by atoms with E-state index in [-0.39, 0.29) is 0 Å². The second kappa shape index (κ2) is 16.7. The Morgan fingerprint density at radius 2 is 0.776 bits per heavy atom. The highest BCUT2D eigenvalue weighted by molar-refractivity contribution is 7.27. The molecule has 76 heavy (non-hydrogen) atoms. The lowest BCUT2D eigenvalue weighted by molar-refractivity contribution is 0.795. The Kier molecular flexibility index (Phi) is 9.45. The highest BCUT2D eigenvalue weighted by Gasteiger charge is 2.52. The fourth-order valence-corrected chi connectivity index (χ4v) is 14.5. The van der Waals surface area contributed by atoms with Gasteiger partial charge in [-0.3, -0.25) is 0 Å². The highest BCUT2D eigenvalue weighted by atomic mass is 32.1. The molecule has 2 heterocycles. The van der Waals surface area contributed by atoms with Crippen molar-refractivity contribution in [2.75, 3.05) is 4.90 Å². The Morgan fingerprint density at radius 1 is 0.303 bits per heavy atom. The van der Waals surface area contributed by atoms with Crippen LogP contribution in [0.3, 0.4) is 0 Å². The van der Waals surface area contributed by atoms with Crippen molar-refractivity contribution in [1.29, 1.82) is 0 Å². The van der Waals surface area contributed by atoms with Gasteiger partial charge < -0.3 is 9.47 Å². The van der Waals surface area contributed by atoms with Crippen molar-refractivity contribution in [3.8, 4) is 61.3 Å². The van der Waals surface area contributed by atoms with Gasteiger partial charge in [0.15, 0.2) is 0 Å². The van der Waals surface area contributed by atoms with Gasteiger partial charge in [-0.15, -0.1) is 11.3 Å². The molecule has 2 aliphatic carbocycles. The maximum absolute atomic E-state index is 2.52. The standard InChI is InChI=1S/C73H46N2S/c1-4-16-47(17-5-1)49-28-35-54(36-29-49)74(55-37-30-50(31-38-55)48-18-6-2-7-19-48)56-39-32-51(33-40-56)52-34-41-61-66(46-52)73(63-25-13-10-22-57(63)58-23-11-14-26-64(58)73)65-44-42-59-60-43-45-68-70(72(60)76-71(59)69(61)65)62-24-12-15-27-67(62)75(68)53-20-8-3-9-21-53/h1-46H. The van der Waals surface area contributed by atoms with Crippen LogP contribution in [0.1, 0.15) is 22.3 Å². The van der Waals surface area contributed by atoms with Gasteiger partial charge in [0.05, 0.1) is 16.4 Å². The number of thiophene rings is 1. The Balaban J connectivity index is 0.867. The van der Waals surface area contributed by atoms with E-state index in [4.69, 9.17) is 0 Å². The third-order valence-electron chi connectivity index (χ3n) is 16.4. The van der Waals surface area contributed by atoms with Crippen LogP contribution in [-0.2, 0) is 5.41 Å². The maximum atomic E-state index is 2.52. The molecule has 0 bridgehead atoms. The summed E-state index contributed by atoms with van der Waals surface area (Å²) in [7, 11) is 0. The number of aromatic nitrogens is 1. The van der Waals surface area contributed by atoms with E-state index < -0.39 is 5.41 Å². The van der Waals surface area contributed by atoms with E-state index in [2.05, 4.69) is 289 Å². The largest absolute Gasteiger partial charge is 0.311 e.